The number of aliphatic hydroxyl groups is 1. The van der Waals surface area contributed by atoms with Gasteiger partial charge in [0.05, 0.1) is 27.7 Å². The van der Waals surface area contributed by atoms with Crippen molar-refractivity contribution in [3.05, 3.63) is 0 Å². The molecule has 0 bridgehead atoms. The van der Waals surface area contributed by atoms with E-state index in [0.717, 1.165) is 19.3 Å². The van der Waals surface area contributed by atoms with Gasteiger partial charge in [0, 0.05) is 12.8 Å². The van der Waals surface area contributed by atoms with E-state index >= 15 is 0 Å². The number of quaternary nitrogens is 1. The first-order valence-corrected chi connectivity index (χ1v) is 14.8. The number of rotatable bonds is 22. The number of ether oxygens (including phenoxy) is 1. The van der Waals surface area contributed by atoms with Crippen LogP contribution in [0.15, 0.2) is 0 Å². The molecule has 0 aromatic carbocycles. The van der Waals surface area contributed by atoms with E-state index in [0.29, 0.717) is 12.8 Å². The number of carbonyl (C=O) groups is 1. The molecule has 33 heavy (non-hydrogen) atoms. The summed E-state index contributed by atoms with van der Waals surface area (Å²) in [6.45, 7) is 3.38. The predicted octanol–water partition coefficient (Wildman–Crippen LogP) is 5.38. The number of nitrogens with zero attached hydrogens (tertiary/aromatic N) is 1. The van der Waals surface area contributed by atoms with Crippen LogP contribution in [0.2, 0.25) is 0 Å². The molecule has 2 unspecified atom stereocenters. The van der Waals surface area contributed by atoms with Crippen LogP contribution >= 0.6 is 7.60 Å². The van der Waals surface area contributed by atoms with Crippen molar-refractivity contribution in [2.24, 2.45) is 0 Å². The Hall–Kier alpha value is -0.460. The topological polar surface area (TPSA) is 95.9 Å². The fourth-order valence-corrected chi connectivity index (χ4v) is 5.92. The zero-order valence-electron chi connectivity index (χ0n) is 22.1. The van der Waals surface area contributed by atoms with Crippen LogP contribution in [-0.2, 0) is 18.6 Å². The highest BCUT2D eigenvalue weighted by Gasteiger charge is 2.34. The standard InChI is InChI=1S/C25H52NO6P/c1-6-8-9-10-11-12-13-14-15-16-17-18-19-20-25(28)31-21-23(27)22-32-33(29,30)24(7-2)26(3,4)5/h23-24,27H,6-22H2,1-5H3/t23-,24?/m1/s1. The smallest absolute Gasteiger partial charge is 0.305 e. The van der Waals surface area contributed by atoms with E-state index in [2.05, 4.69) is 6.92 Å². The summed E-state index contributed by atoms with van der Waals surface area (Å²) in [5, 5.41) is 9.94. The summed E-state index contributed by atoms with van der Waals surface area (Å²) < 4.78 is 22.7. The van der Waals surface area contributed by atoms with Crippen molar-refractivity contribution in [1.29, 1.82) is 0 Å². The molecule has 0 saturated heterocycles. The molecule has 0 fully saturated rings. The zero-order valence-corrected chi connectivity index (χ0v) is 23.0. The van der Waals surface area contributed by atoms with E-state index in [4.69, 9.17) is 9.26 Å². The monoisotopic (exact) mass is 493 g/mol. The number of aliphatic hydroxyl groups excluding tert-OH is 1. The molecule has 0 heterocycles. The second-order valence-corrected chi connectivity index (χ2v) is 12.1. The van der Waals surface area contributed by atoms with Crippen LogP contribution < -0.4 is 4.89 Å². The fourth-order valence-electron chi connectivity index (χ4n) is 4.07. The van der Waals surface area contributed by atoms with Gasteiger partial charge in [-0.2, -0.15) is 0 Å². The van der Waals surface area contributed by atoms with Gasteiger partial charge in [0.25, 0.3) is 0 Å². The van der Waals surface area contributed by atoms with E-state index in [1.165, 1.54) is 64.2 Å². The maximum absolute atomic E-state index is 12.4. The maximum Gasteiger partial charge on any atom is 0.305 e. The van der Waals surface area contributed by atoms with Crippen LogP contribution in [0.25, 0.3) is 0 Å². The Morgan fingerprint density at radius 2 is 1.30 bits per heavy atom. The van der Waals surface area contributed by atoms with E-state index in [1.807, 2.05) is 0 Å². The molecule has 1 N–H and O–H groups in total. The number of hydrogen-bond acceptors (Lipinski definition) is 6. The van der Waals surface area contributed by atoms with Crippen LogP contribution in [0.5, 0.6) is 0 Å². The van der Waals surface area contributed by atoms with Crippen molar-refractivity contribution in [2.75, 3.05) is 34.4 Å². The van der Waals surface area contributed by atoms with Crippen molar-refractivity contribution in [1.82, 2.24) is 0 Å². The Labute approximate surface area is 203 Å². The molecule has 0 saturated carbocycles. The number of unbranched alkanes of at least 4 members (excludes halogenated alkanes) is 12. The van der Waals surface area contributed by atoms with Crippen molar-refractivity contribution in [2.45, 2.75) is 122 Å². The molecule has 0 spiro atoms. The van der Waals surface area contributed by atoms with E-state index < -0.39 is 26.1 Å². The molecule has 0 amide bonds. The number of esters is 1. The van der Waals surface area contributed by atoms with Gasteiger partial charge in [0.15, 0.2) is 13.4 Å². The Morgan fingerprint density at radius 1 is 0.848 bits per heavy atom. The highest BCUT2D eigenvalue weighted by Crippen LogP contribution is 2.47. The first-order chi connectivity index (χ1) is 15.5. The van der Waals surface area contributed by atoms with Gasteiger partial charge >= 0.3 is 5.97 Å². The molecule has 198 valence electrons. The molecule has 0 rings (SSSR count). The lowest BCUT2D eigenvalue weighted by molar-refractivity contribution is -0.884. The average Bonchev–Trinajstić information content (AvgIpc) is 2.73. The number of carbonyl (C=O) groups excluding carboxylic acids is 1. The molecule has 8 heteroatoms. The maximum atomic E-state index is 12.4. The molecule has 0 radical (unpaired) electrons. The van der Waals surface area contributed by atoms with Crippen molar-refractivity contribution >= 4 is 13.6 Å². The van der Waals surface area contributed by atoms with Gasteiger partial charge in [-0.05, 0) is 6.42 Å². The summed E-state index contributed by atoms with van der Waals surface area (Å²) in [5.74, 6) is -1.05. The van der Waals surface area contributed by atoms with Crippen molar-refractivity contribution in [3.8, 4) is 0 Å². The Kier molecular flexibility index (Phi) is 18.6. The summed E-state index contributed by atoms with van der Waals surface area (Å²) in [6.07, 6.45) is 15.8. The number of hydrogen-bond donors (Lipinski definition) is 1. The molecule has 7 nitrogen and oxygen atoms in total. The van der Waals surface area contributed by atoms with Gasteiger partial charge in [-0.15, -0.1) is 0 Å². The Bertz CT molecular complexity index is 537. The first kappa shape index (κ1) is 32.5. The lowest BCUT2D eigenvalue weighted by Gasteiger charge is -2.41. The van der Waals surface area contributed by atoms with E-state index in [1.54, 1.807) is 28.1 Å². The predicted molar refractivity (Wildman–Crippen MR) is 133 cm³/mol. The van der Waals surface area contributed by atoms with Crippen molar-refractivity contribution in [3.63, 3.8) is 0 Å². The highest BCUT2D eigenvalue weighted by atomic mass is 31.2. The van der Waals surface area contributed by atoms with Gasteiger partial charge < -0.3 is 28.3 Å². The molecule has 0 aliphatic rings. The Balaban J connectivity index is 3.73. The summed E-state index contributed by atoms with van der Waals surface area (Å²) in [6, 6.07) is 0. The lowest BCUT2D eigenvalue weighted by atomic mass is 10.0. The molecule has 0 aromatic heterocycles. The Morgan fingerprint density at radius 3 is 1.73 bits per heavy atom. The lowest BCUT2D eigenvalue weighted by Crippen LogP contribution is -2.47. The summed E-state index contributed by atoms with van der Waals surface area (Å²) in [5.41, 5.74) is 0. The van der Waals surface area contributed by atoms with Crippen LogP contribution in [0, 0.1) is 0 Å². The minimum absolute atomic E-state index is 0.224. The SMILES string of the molecule is CCCCCCCCCCCCCCCC(=O)OC[C@@H](O)COP(=O)([O-])C(CC)[N+](C)(C)C. The van der Waals surface area contributed by atoms with Gasteiger partial charge in [-0.1, -0.05) is 90.9 Å². The second-order valence-electron chi connectivity index (χ2n) is 10.2. The molecule has 3 atom stereocenters. The molecule has 0 aliphatic heterocycles. The average molecular weight is 494 g/mol. The third-order valence-electron chi connectivity index (χ3n) is 5.99. The van der Waals surface area contributed by atoms with Gasteiger partial charge in [0.1, 0.15) is 12.7 Å². The normalized spacial score (nSPS) is 15.7. The second kappa shape index (κ2) is 18.8. The van der Waals surface area contributed by atoms with E-state index in [-0.39, 0.29) is 17.1 Å². The van der Waals surface area contributed by atoms with Gasteiger partial charge in [-0.25, -0.2) is 0 Å². The minimum atomic E-state index is -4.15. The minimum Gasteiger partial charge on any atom is -0.774 e. The largest absolute Gasteiger partial charge is 0.774 e. The van der Waals surface area contributed by atoms with Gasteiger partial charge in [0.2, 0.25) is 0 Å². The highest BCUT2D eigenvalue weighted by molar-refractivity contribution is 7.51. The fraction of sp³-hybridized carbons (Fsp3) is 0.960. The third-order valence-corrected chi connectivity index (χ3v) is 8.29. The molecular formula is C25H52NO6P. The van der Waals surface area contributed by atoms with Crippen molar-refractivity contribution < 1.29 is 33.1 Å². The zero-order chi connectivity index (χ0) is 25.2. The third kappa shape index (κ3) is 17.6. The van der Waals surface area contributed by atoms with Crippen LogP contribution in [0.3, 0.4) is 0 Å². The summed E-state index contributed by atoms with van der Waals surface area (Å²) in [4.78, 5) is 24.2. The molecule has 0 aromatic rings. The van der Waals surface area contributed by atoms with Gasteiger partial charge in [-0.3, -0.25) is 4.79 Å². The molecule has 0 aliphatic carbocycles. The first-order valence-electron chi connectivity index (χ1n) is 13.1. The van der Waals surface area contributed by atoms with E-state index in [9.17, 15) is 19.4 Å². The molecular weight excluding hydrogens is 441 g/mol. The summed E-state index contributed by atoms with van der Waals surface area (Å²) in [7, 11) is 1.22. The van der Waals surface area contributed by atoms with Crippen LogP contribution in [0.4, 0.5) is 0 Å². The quantitative estimate of drug-likeness (QED) is 0.0941. The van der Waals surface area contributed by atoms with Crippen LogP contribution in [0.1, 0.15) is 110 Å². The van der Waals surface area contributed by atoms with Crippen LogP contribution in [-0.4, -0.2) is 61.8 Å². The summed E-state index contributed by atoms with van der Waals surface area (Å²) >= 11 is 0.